The van der Waals surface area contributed by atoms with Gasteiger partial charge in [-0.15, -0.1) is 0 Å². The molecule has 3 rings (SSSR count). The lowest BCUT2D eigenvalue weighted by molar-refractivity contribution is -0.117. The van der Waals surface area contributed by atoms with Crippen molar-refractivity contribution in [3.8, 4) is 6.07 Å². The Morgan fingerprint density at radius 1 is 1.00 bits per heavy atom. The van der Waals surface area contributed by atoms with Gasteiger partial charge in [0.05, 0.1) is 6.04 Å². The van der Waals surface area contributed by atoms with Crippen molar-refractivity contribution >= 4 is 5.91 Å². The number of rotatable bonds is 6. The van der Waals surface area contributed by atoms with Gasteiger partial charge in [-0.05, 0) is 61.8 Å². The van der Waals surface area contributed by atoms with E-state index in [1.807, 2.05) is 50.2 Å². The first-order chi connectivity index (χ1) is 13.6. The quantitative estimate of drug-likeness (QED) is 0.579. The fourth-order valence-corrected chi connectivity index (χ4v) is 3.58. The second kappa shape index (κ2) is 9.23. The summed E-state index contributed by atoms with van der Waals surface area (Å²) in [6.07, 6.45) is 6.23. The highest BCUT2D eigenvalue weighted by Crippen LogP contribution is 2.25. The number of benzene rings is 2. The molecule has 4 nitrogen and oxygen atoms in total. The Bertz CT molecular complexity index is 896. The van der Waals surface area contributed by atoms with Crippen molar-refractivity contribution in [3.63, 3.8) is 0 Å². The van der Waals surface area contributed by atoms with E-state index >= 15 is 0 Å². The molecular formula is C24H27N3O. The van der Waals surface area contributed by atoms with Gasteiger partial charge in [0.25, 0.3) is 5.91 Å². The van der Waals surface area contributed by atoms with E-state index in [2.05, 4.69) is 28.8 Å². The number of nitrogens with zero attached hydrogens (tertiary/aromatic N) is 1. The van der Waals surface area contributed by atoms with Gasteiger partial charge >= 0.3 is 0 Å². The molecular weight excluding hydrogens is 346 g/mol. The third kappa shape index (κ3) is 4.80. The summed E-state index contributed by atoms with van der Waals surface area (Å²) in [7, 11) is 0. The average Bonchev–Trinajstić information content (AvgIpc) is 2.74. The summed E-state index contributed by atoms with van der Waals surface area (Å²) in [5, 5.41) is 15.5. The third-order valence-corrected chi connectivity index (χ3v) is 5.36. The number of carbonyl (C=O) groups is 1. The van der Waals surface area contributed by atoms with Crippen LogP contribution in [-0.4, -0.2) is 5.91 Å². The van der Waals surface area contributed by atoms with Crippen LogP contribution in [0.5, 0.6) is 0 Å². The molecule has 1 aliphatic carbocycles. The lowest BCUT2D eigenvalue weighted by Crippen LogP contribution is -2.29. The van der Waals surface area contributed by atoms with Gasteiger partial charge in [0.2, 0.25) is 0 Å². The fraction of sp³-hybridized carbons (Fsp3) is 0.333. The molecule has 2 aromatic carbocycles. The first-order valence-corrected chi connectivity index (χ1v) is 9.92. The highest BCUT2D eigenvalue weighted by Gasteiger charge is 2.16. The fourth-order valence-electron chi connectivity index (χ4n) is 3.58. The molecule has 0 spiro atoms. The van der Waals surface area contributed by atoms with Crippen LogP contribution in [0.1, 0.15) is 61.0 Å². The molecule has 2 unspecified atom stereocenters. The summed E-state index contributed by atoms with van der Waals surface area (Å²) in [6, 6.07) is 18.2. The number of aryl methyl sites for hydroxylation is 2. The van der Waals surface area contributed by atoms with Crippen LogP contribution in [0.4, 0.5) is 0 Å². The summed E-state index contributed by atoms with van der Waals surface area (Å²) in [6.45, 7) is 3.95. The number of hydrogen-bond acceptors (Lipinski definition) is 3. The zero-order chi connectivity index (χ0) is 19.9. The van der Waals surface area contributed by atoms with Crippen molar-refractivity contribution in [2.24, 2.45) is 0 Å². The highest BCUT2D eigenvalue weighted by molar-refractivity contribution is 5.97. The van der Waals surface area contributed by atoms with Gasteiger partial charge in [-0.3, -0.25) is 4.79 Å². The molecule has 144 valence electrons. The van der Waals surface area contributed by atoms with Gasteiger partial charge in [-0.2, -0.15) is 5.26 Å². The molecule has 2 aromatic rings. The summed E-state index contributed by atoms with van der Waals surface area (Å²) in [5.41, 5.74) is 5.06. The van der Waals surface area contributed by atoms with Crippen molar-refractivity contribution in [3.05, 3.63) is 82.6 Å². The molecule has 4 heteroatoms. The Kier molecular flexibility index (Phi) is 6.49. The van der Waals surface area contributed by atoms with E-state index in [0.29, 0.717) is 0 Å². The molecule has 0 aromatic heterocycles. The predicted molar refractivity (Wildman–Crippen MR) is 111 cm³/mol. The molecule has 2 N–H and O–H groups in total. The SMILES string of the molecule is CC(N/C=C(/C#N)C(=O)NC(C)c1ccc2c(c1)CCCC2)c1ccccc1. The van der Waals surface area contributed by atoms with Crippen LogP contribution < -0.4 is 10.6 Å². The van der Waals surface area contributed by atoms with E-state index in [-0.39, 0.29) is 23.6 Å². The molecule has 1 aliphatic rings. The smallest absolute Gasteiger partial charge is 0.263 e. The number of nitriles is 1. The minimum atomic E-state index is -0.361. The standard InChI is InChI=1S/C24H27N3O/c1-17(19-8-4-3-5-9-19)26-16-23(15-25)24(28)27-18(2)21-13-12-20-10-6-7-11-22(20)14-21/h3-5,8-9,12-14,16-18,26H,6-7,10-11H2,1-2H3,(H,27,28)/b23-16-. The highest BCUT2D eigenvalue weighted by atomic mass is 16.1. The lowest BCUT2D eigenvalue weighted by Gasteiger charge is -2.20. The summed E-state index contributed by atoms with van der Waals surface area (Å²) in [4.78, 5) is 12.6. The maximum absolute atomic E-state index is 12.6. The summed E-state index contributed by atoms with van der Waals surface area (Å²) >= 11 is 0. The average molecular weight is 374 g/mol. The second-order valence-electron chi connectivity index (χ2n) is 7.40. The molecule has 0 fully saturated rings. The lowest BCUT2D eigenvalue weighted by atomic mass is 9.89. The number of hydrogen-bond donors (Lipinski definition) is 2. The largest absolute Gasteiger partial charge is 0.383 e. The van der Waals surface area contributed by atoms with Crippen molar-refractivity contribution < 1.29 is 4.79 Å². The maximum atomic E-state index is 12.6. The van der Waals surface area contributed by atoms with Crippen LogP contribution >= 0.6 is 0 Å². The Balaban J connectivity index is 1.64. The van der Waals surface area contributed by atoms with Crippen molar-refractivity contribution in [1.82, 2.24) is 10.6 Å². The first-order valence-electron chi connectivity index (χ1n) is 9.92. The van der Waals surface area contributed by atoms with E-state index in [1.165, 1.54) is 30.2 Å². The molecule has 0 radical (unpaired) electrons. The minimum absolute atomic E-state index is 0.00965. The number of amides is 1. The number of carbonyl (C=O) groups excluding carboxylic acids is 1. The van der Waals surface area contributed by atoms with Crippen LogP contribution in [0.3, 0.4) is 0 Å². The predicted octanol–water partition coefficient (Wildman–Crippen LogP) is 4.50. The molecule has 1 amide bonds. The summed E-state index contributed by atoms with van der Waals surface area (Å²) < 4.78 is 0. The third-order valence-electron chi connectivity index (χ3n) is 5.36. The summed E-state index contributed by atoms with van der Waals surface area (Å²) in [5.74, 6) is -0.361. The van der Waals surface area contributed by atoms with E-state index < -0.39 is 0 Å². The van der Waals surface area contributed by atoms with Crippen LogP contribution in [-0.2, 0) is 17.6 Å². The molecule has 28 heavy (non-hydrogen) atoms. The zero-order valence-electron chi connectivity index (χ0n) is 16.5. The zero-order valence-corrected chi connectivity index (χ0v) is 16.5. The van der Waals surface area contributed by atoms with Crippen LogP contribution in [0.15, 0.2) is 60.3 Å². The molecule has 0 heterocycles. The Hall–Kier alpha value is -3.06. The molecule has 0 bridgehead atoms. The normalized spacial score (nSPS) is 15.7. The van der Waals surface area contributed by atoms with Crippen LogP contribution in [0, 0.1) is 11.3 Å². The van der Waals surface area contributed by atoms with Gasteiger partial charge < -0.3 is 10.6 Å². The minimum Gasteiger partial charge on any atom is -0.383 e. The number of nitrogens with one attached hydrogen (secondary N) is 2. The molecule has 0 saturated carbocycles. The molecule has 0 saturated heterocycles. The molecule has 0 aliphatic heterocycles. The Labute approximate surface area is 167 Å². The topological polar surface area (TPSA) is 64.9 Å². The monoisotopic (exact) mass is 373 g/mol. The van der Waals surface area contributed by atoms with E-state index in [4.69, 9.17) is 0 Å². The second-order valence-corrected chi connectivity index (χ2v) is 7.40. The first kappa shape index (κ1) is 19.7. The maximum Gasteiger partial charge on any atom is 0.263 e. The van der Waals surface area contributed by atoms with Crippen molar-refractivity contribution in [2.75, 3.05) is 0 Å². The van der Waals surface area contributed by atoms with Gasteiger partial charge in [0, 0.05) is 12.2 Å². The Morgan fingerprint density at radius 2 is 1.71 bits per heavy atom. The number of fused-ring (bicyclic) bond motifs is 1. The Morgan fingerprint density at radius 3 is 2.43 bits per heavy atom. The van der Waals surface area contributed by atoms with Crippen LogP contribution in [0.2, 0.25) is 0 Å². The van der Waals surface area contributed by atoms with Gasteiger partial charge in [0.15, 0.2) is 0 Å². The van der Waals surface area contributed by atoms with Crippen LogP contribution in [0.25, 0.3) is 0 Å². The molecule has 2 atom stereocenters. The van der Waals surface area contributed by atoms with Gasteiger partial charge in [-0.1, -0.05) is 48.5 Å². The van der Waals surface area contributed by atoms with Gasteiger partial charge in [0.1, 0.15) is 11.6 Å². The van der Waals surface area contributed by atoms with E-state index in [0.717, 1.165) is 24.0 Å². The van der Waals surface area contributed by atoms with Gasteiger partial charge in [-0.25, -0.2) is 0 Å². The van der Waals surface area contributed by atoms with Crippen molar-refractivity contribution in [2.45, 2.75) is 51.6 Å². The van der Waals surface area contributed by atoms with E-state index in [9.17, 15) is 10.1 Å². The van der Waals surface area contributed by atoms with Crippen molar-refractivity contribution in [1.29, 1.82) is 5.26 Å². The van der Waals surface area contributed by atoms with E-state index in [1.54, 1.807) is 0 Å².